The summed E-state index contributed by atoms with van der Waals surface area (Å²) < 4.78 is 5.21. The van der Waals surface area contributed by atoms with Crippen molar-refractivity contribution in [2.75, 3.05) is 33.5 Å². The zero-order valence-electron chi connectivity index (χ0n) is 17.9. The van der Waals surface area contributed by atoms with Crippen molar-refractivity contribution in [3.63, 3.8) is 0 Å². The van der Waals surface area contributed by atoms with Crippen LogP contribution < -0.4 is 10.1 Å². The summed E-state index contributed by atoms with van der Waals surface area (Å²) in [4.78, 5) is 19.0. The number of ether oxygens (including phenoxy) is 1. The fraction of sp³-hybridized carbons (Fsp3) is 0.409. The highest BCUT2D eigenvalue weighted by Gasteiger charge is 2.17. The van der Waals surface area contributed by atoms with Gasteiger partial charge in [0.05, 0.1) is 24.5 Å². The van der Waals surface area contributed by atoms with Crippen molar-refractivity contribution in [3.8, 4) is 11.8 Å². The first-order chi connectivity index (χ1) is 13.8. The molecule has 0 aliphatic heterocycles. The molecule has 154 valence electrons. The number of amides is 1. The molecule has 1 heterocycles. The summed E-state index contributed by atoms with van der Waals surface area (Å²) in [7, 11) is 5.60. The summed E-state index contributed by atoms with van der Waals surface area (Å²) in [5, 5.41) is 13.1. The van der Waals surface area contributed by atoms with Crippen LogP contribution in [0.4, 0.5) is 0 Å². The van der Waals surface area contributed by atoms with E-state index in [1.165, 1.54) is 11.8 Å². The molecule has 29 heavy (non-hydrogen) atoms. The number of methoxy groups -OCH3 is 1. The molecule has 1 N–H and O–H groups in total. The van der Waals surface area contributed by atoms with Crippen LogP contribution in [-0.2, 0) is 4.79 Å². The van der Waals surface area contributed by atoms with E-state index in [0.717, 1.165) is 28.1 Å². The number of rotatable bonds is 8. The molecule has 1 aromatic heterocycles. The summed E-state index contributed by atoms with van der Waals surface area (Å²) in [5.74, 6) is 0.931. The number of carbonyl (C=O) groups excluding carboxylic acids is 1. The number of thioether (sulfide) groups is 1. The van der Waals surface area contributed by atoms with Crippen LogP contribution in [-0.4, -0.2) is 49.3 Å². The van der Waals surface area contributed by atoms with E-state index in [9.17, 15) is 10.1 Å². The van der Waals surface area contributed by atoms with E-state index in [2.05, 4.69) is 21.3 Å². The van der Waals surface area contributed by atoms with Crippen LogP contribution >= 0.6 is 11.8 Å². The number of nitrogens with one attached hydrogen (secondary N) is 1. The molecule has 7 heteroatoms. The largest absolute Gasteiger partial charge is 0.497 e. The van der Waals surface area contributed by atoms with Gasteiger partial charge in [0.2, 0.25) is 5.91 Å². The maximum absolute atomic E-state index is 12.4. The predicted octanol–water partition coefficient (Wildman–Crippen LogP) is 3.40. The summed E-state index contributed by atoms with van der Waals surface area (Å²) in [5.41, 5.74) is 4.48. The van der Waals surface area contributed by atoms with Crippen molar-refractivity contribution in [1.82, 2.24) is 15.2 Å². The number of hydrogen-bond acceptors (Lipinski definition) is 6. The minimum absolute atomic E-state index is 0.0477. The Bertz CT molecular complexity index is 905. The van der Waals surface area contributed by atoms with E-state index in [1.807, 2.05) is 59.1 Å². The molecule has 0 saturated carbocycles. The van der Waals surface area contributed by atoms with Gasteiger partial charge in [0.25, 0.3) is 0 Å². The Balaban J connectivity index is 2.01. The Hall–Kier alpha value is -2.56. The Labute approximate surface area is 177 Å². The first-order valence-corrected chi connectivity index (χ1v) is 10.3. The number of benzene rings is 1. The smallest absolute Gasteiger partial charge is 0.230 e. The molecule has 2 rings (SSSR count). The normalized spacial score (nSPS) is 11.8. The molecule has 1 amide bonds. The van der Waals surface area contributed by atoms with Crippen LogP contribution in [0, 0.1) is 32.1 Å². The van der Waals surface area contributed by atoms with Gasteiger partial charge in [-0.25, -0.2) is 4.98 Å². The highest BCUT2D eigenvalue weighted by molar-refractivity contribution is 8.00. The molecule has 0 fully saturated rings. The SMILES string of the molecule is COc1ccc(C(CNC(=O)CSc2nc(C)c(C)c(C)c2C#N)N(C)C)cc1. The lowest BCUT2D eigenvalue weighted by Crippen LogP contribution is -2.35. The monoisotopic (exact) mass is 412 g/mol. The number of pyridine rings is 1. The molecule has 0 aliphatic rings. The molecule has 2 aromatic rings. The lowest BCUT2D eigenvalue weighted by atomic mass is 10.1. The number of carbonyl (C=O) groups is 1. The van der Waals surface area contributed by atoms with Crippen LogP contribution in [0.25, 0.3) is 0 Å². The van der Waals surface area contributed by atoms with Crippen LogP contribution in [0.15, 0.2) is 29.3 Å². The van der Waals surface area contributed by atoms with E-state index in [4.69, 9.17) is 4.74 Å². The molecule has 0 aliphatic carbocycles. The molecule has 6 nitrogen and oxygen atoms in total. The summed E-state index contributed by atoms with van der Waals surface area (Å²) in [6, 6.07) is 10.1. The average molecular weight is 413 g/mol. The number of nitriles is 1. The highest BCUT2D eigenvalue weighted by Crippen LogP contribution is 2.26. The van der Waals surface area contributed by atoms with E-state index >= 15 is 0 Å². The van der Waals surface area contributed by atoms with Crippen LogP contribution in [0.2, 0.25) is 0 Å². The van der Waals surface area contributed by atoms with Crippen molar-refractivity contribution in [2.24, 2.45) is 0 Å². The summed E-state index contributed by atoms with van der Waals surface area (Å²) in [6.45, 7) is 6.29. The summed E-state index contributed by atoms with van der Waals surface area (Å²) >= 11 is 1.30. The van der Waals surface area contributed by atoms with Crippen LogP contribution in [0.5, 0.6) is 5.75 Å². The standard InChI is InChI=1S/C22H28N4O2S/c1-14-15(2)19(11-23)22(25-16(14)3)29-13-21(27)24-12-20(26(4)5)17-7-9-18(28-6)10-8-17/h7-10,20H,12-13H2,1-6H3,(H,24,27). The fourth-order valence-electron chi connectivity index (χ4n) is 2.97. The third-order valence-corrected chi connectivity index (χ3v) is 6.01. The Morgan fingerprint density at radius 3 is 2.45 bits per heavy atom. The molecule has 0 bridgehead atoms. The Kier molecular flexibility index (Phi) is 8.06. The van der Waals surface area contributed by atoms with E-state index in [1.54, 1.807) is 7.11 Å². The number of aromatic nitrogens is 1. The molecular weight excluding hydrogens is 384 g/mol. The van der Waals surface area contributed by atoms with Gasteiger partial charge in [-0.05, 0) is 63.7 Å². The molecule has 0 saturated heterocycles. The lowest BCUT2D eigenvalue weighted by molar-refractivity contribution is -0.118. The predicted molar refractivity (Wildman–Crippen MR) is 116 cm³/mol. The Morgan fingerprint density at radius 2 is 1.90 bits per heavy atom. The van der Waals surface area contributed by atoms with Gasteiger partial charge in [0.1, 0.15) is 16.8 Å². The fourth-order valence-corrected chi connectivity index (χ4v) is 3.88. The minimum Gasteiger partial charge on any atom is -0.497 e. The van der Waals surface area contributed by atoms with Gasteiger partial charge in [-0.2, -0.15) is 5.26 Å². The second kappa shape index (κ2) is 10.3. The van der Waals surface area contributed by atoms with Crippen LogP contribution in [0.3, 0.4) is 0 Å². The molecule has 1 atom stereocenters. The number of aryl methyl sites for hydroxylation is 1. The zero-order chi connectivity index (χ0) is 21.6. The third kappa shape index (κ3) is 5.72. The second-order valence-electron chi connectivity index (χ2n) is 7.08. The molecule has 0 spiro atoms. The third-order valence-electron chi connectivity index (χ3n) is 5.03. The van der Waals surface area contributed by atoms with E-state index in [-0.39, 0.29) is 17.7 Å². The van der Waals surface area contributed by atoms with Crippen molar-refractivity contribution < 1.29 is 9.53 Å². The van der Waals surface area contributed by atoms with Gasteiger partial charge >= 0.3 is 0 Å². The number of likely N-dealkylation sites (N-methyl/N-ethyl adjacent to an activating group) is 1. The van der Waals surface area contributed by atoms with Gasteiger partial charge in [-0.3, -0.25) is 4.79 Å². The highest BCUT2D eigenvalue weighted by atomic mass is 32.2. The first kappa shape index (κ1) is 22.7. The quantitative estimate of drug-likeness (QED) is 0.670. The van der Waals surface area contributed by atoms with E-state index in [0.29, 0.717) is 17.1 Å². The first-order valence-electron chi connectivity index (χ1n) is 9.36. The van der Waals surface area contributed by atoms with Crippen molar-refractivity contribution in [2.45, 2.75) is 31.8 Å². The molecular formula is C22H28N4O2S. The van der Waals surface area contributed by atoms with Crippen molar-refractivity contribution >= 4 is 17.7 Å². The van der Waals surface area contributed by atoms with E-state index < -0.39 is 0 Å². The molecule has 1 aromatic carbocycles. The maximum atomic E-state index is 12.4. The van der Waals surface area contributed by atoms with Crippen molar-refractivity contribution in [3.05, 3.63) is 52.2 Å². The van der Waals surface area contributed by atoms with Crippen LogP contribution in [0.1, 0.15) is 34.0 Å². The number of nitrogens with zero attached hydrogens (tertiary/aromatic N) is 3. The minimum atomic E-state index is -0.0862. The topological polar surface area (TPSA) is 78.2 Å². The number of hydrogen-bond donors (Lipinski definition) is 1. The van der Waals surface area contributed by atoms with Gasteiger partial charge in [-0.15, -0.1) is 0 Å². The van der Waals surface area contributed by atoms with Gasteiger partial charge in [0, 0.05) is 12.2 Å². The maximum Gasteiger partial charge on any atom is 0.230 e. The Morgan fingerprint density at radius 1 is 1.24 bits per heavy atom. The van der Waals surface area contributed by atoms with Crippen molar-refractivity contribution in [1.29, 1.82) is 5.26 Å². The van der Waals surface area contributed by atoms with Gasteiger partial charge < -0.3 is 15.0 Å². The lowest BCUT2D eigenvalue weighted by Gasteiger charge is -2.25. The van der Waals surface area contributed by atoms with Gasteiger partial charge in [-0.1, -0.05) is 23.9 Å². The summed E-state index contributed by atoms with van der Waals surface area (Å²) in [6.07, 6.45) is 0. The average Bonchev–Trinajstić information content (AvgIpc) is 2.71. The molecule has 1 unspecified atom stereocenters. The molecule has 0 radical (unpaired) electrons. The zero-order valence-corrected chi connectivity index (χ0v) is 18.7. The van der Waals surface area contributed by atoms with Gasteiger partial charge in [0.15, 0.2) is 0 Å². The second-order valence-corrected chi connectivity index (χ2v) is 8.05.